The summed E-state index contributed by atoms with van der Waals surface area (Å²) < 4.78 is 38.2. The molecule has 2 aliphatic rings. The fourth-order valence-electron chi connectivity index (χ4n) is 3.28. The van der Waals surface area contributed by atoms with Crippen molar-refractivity contribution in [3.05, 3.63) is 0 Å². The first-order chi connectivity index (χ1) is 8.47. The van der Waals surface area contributed by atoms with Gasteiger partial charge in [-0.3, -0.25) is 0 Å². The lowest BCUT2D eigenvalue weighted by Crippen LogP contribution is -2.47. The van der Waals surface area contributed by atoms with Gasteiger partial charge in [0.15, 0.2) is 0 Å². The summed E-state index contributed by atoms with van der Waals surface area (Å²) in [6.07, 6.45) is 1.36. The predicted octanol–water partition coefficient (Wildman–Crippen LogP) is 2.78. The quantitative estimate of drug-likeness (QED) is 0.831. The molecule has 1 saturated carbocycles. The van der Waals surface area contributed by atoms with E-state index in [1.807, 2.05) is 4.90 Å². The van der Waals surface area contributed by atoms with Crippen LogP contribution in [0.1, 0.15) is 38.5 Å². The Morgan fingerprint density at radius 1 is 1.06 bits per heavy atom. The summed E-state index contributed by atoms with van der Waals surface area (Å²) in [5.41, 5.74) is 6.07. The maximum atomic E-state index is 12.7. The highest BCUT2D eigenvalue weighted by atomic mass is 19.4. The molecule has 3 unspecified atom stereocenters. The summed E-state index contributed by atoms with van der Waals surface area (Å²) in [7, 11) is 0. The Labute approximate surface area is 107 Å². The van der Waals surface area contributed by atoms with Gasteiger partial charge >= 0.3 is 6.18 Å². The van der Waals surface area contributed by atoms with Crippen LogP contribution in [-0.2, 0) is 0 Å². The van der Waals surface area contributed by atoms with Gasteiger partial charge in [-0.15, -0.1) is 0 Å². The largest absolute Gasteiger partial charge is 0.393 e. The maximum Gasteiger partial charge on any atom is 0.393 e. The monoisotopic (exact) mass is 264 g/mol. The van der Waals surface area contributed by atoms with Gasteiger partial charge in [0.25, 0.3) is 0 Å². The van der Waals surface area contributed by atoms with Crippen LogP contribution in [0, 0.1) is 11.8 Å². The Bertz CT molecular complexity index is 267. The van der Waals surface area contributed by atoms with Gasteiger partial charge in [-0.05, 0) is 38.1 Å². The molecule has 3 atom stereocenters. The molecule has 2 nitrogen and oxygen atoms in total. The molecule has 18 heavy (non-hydrogen) atoms. The standard InChI is InChI=1S/C13H23F3N2/c14-13(15,16)11-5-3-7-18(9-11)8-10-4-1-2-6-12(10)17/h10-12H,1-9,17H2. The third kappa shape index (κ3) is 3.60. The highest BCUT2D eigenvalue weighted by molar-refractivity contribution is 4.84. The Hall–Kier alpha value is -0.290. The van der Waals surface area contributed by atoms with Crippen LogP contribution >= 0.6 is 0 Å². The van der Waals surface area contributed by atoms with E-state index < -0.39 is 12.1 Å². The summed E-state index contributed by atoms with van der Waals surface area (Å²) in [5.74, 6) is -0.739. The smallest absolute Gasteiger partial charge is 0.327 e. The zero-order valence-electron chi connectivity index (χ0n) is 10.8. The van der Waals surface area contributed by atoms with Gasteiger partial charge in [0, 0.05) is 19.1 Å². The van der Waals surface area contributed by atoms with E-state index in [0.29, 0.717) is 12.3 Å². The van der Waals surface area contributed by atoms with Crippen molar-refractivity contribution in [2.45, 2.75) is 50.7 Å². The van der Waals surface area contributed by atoms with Gasteiger partial charge in [-0.2, -0.15) is 13.2 Å². The van der Waals surface area contributed by atoms with E-state index >= 15 is 0 Å². The van der Waals surface area contributed by atoms with Gasteiger partial charge in [0.05, 0.1) is 5.92 Å². The highest BCUT2D eigenvalue weighted by Crippen LogP contribution is 2.34. The van der Waals surface area contributed by atoms with Gasteiger partial charge < -0.3 is 10.6 Å². The van der Waals surface area contributed by atoms with Gasteiger partial charge in [0.1, 0.15) is 0 Å². The van der Waals surface area contributed by atoms with E-state index in [1.165, 1.54) is 12.8 Å². The Kier molecular flexibility index (Phi) is 4.54. The number of nitrogens with two attached hydrogens (primary N) is 1. The molecule has 0 bridgehead atoms. The normalized spacial score (nSPS) is 35.7. The number of alkyl halides is 3. The summed E-state index contributed by atoms with van der Waals surface area (Å²) in [6.45, 7) is 1.73. The molecule has 0 spiro atoms. The second-order valence-corrected chi connectivity index (χ2v) is 5.85. The fraction of sp³-hybridized carbons (Fsp3) is 1.00. The number of rotatable bonds is 2. The van der Waals surface area contributed by atoms with Crippen molar-refractivity contribution >= 4 is 0 Å². The van der Waals surface area contributed by atoms with Gasteiger partial charge in [-0.1, -0.05) is 12.8 Å². The van der Waals surface area contributed by atoms with E-state index in [4.69, 9.17) is 5.73 Å². The molecular formula is C13H23F3N2. The highest BCUT2D eigenvalue weighted by Gasteiger charge is 2.42. The molecule has 2 rings (SSSR count). The molecule has 0 aromatic rings. The van der Waals surface area contributed by atoms with E-state index in [-0.39, 0.29) is 19.0 Å². The summed E-state index contributed by atoms with van der Waals surface area (Å²) >= 11 is 0. The van der Waals surface area contributed by atoms with Crippen LogP contribution in [0.15, 0.2) is 0 Å². The average Bonchev–Trinajstić information content (AvgIpc) is 2.31. The van der Waals surface area contributed by atoms with E-state index in [2.05, 4.69) is 0 Å². The van der Waals surface area contributed by atoms with Crippen LogP contribution in [-0.4, -0.2) is 36.8 Å². The molecule has 106 valence electrons. The molecule has 2 fully saturated rings. The lowest BCUT2D eigenvalue weighted by Gasteiger charge is -2.38. The zero-order chi connectivity index (χ0) is 13.2. The number of piperidine rings is 1. The number of hydrogen-bond donors (Lipinski definition) is 1. The van der Waals surface area contributed by atoms with Gasteiger partial charge in [0.2, 0.25) is 0 Å². The molecule has 1 aliphatic heterocycles. The molecule has 1 saturated heterocycles. The molecular weight excluding hydrogens is 241 g/mol. The third-order valence-corrected chi connectivity index (χ3v) is 4.43. The van der Waals surface area contributed by atoms with Gasteiger partial charge in [-0.25, -0.2) is 0 Å². The minimum Gasteiger partial charge on any atom is -0.327 e. The molecule has 0 amide bonds. The summed E-state index contributed by atoms with van der Waals surface area (Å²) in [6, 6.07) is 0.185. The Balaban J connectivity index is 1.85. The predicted molar refractivity (Wildman–Crippen MR) is 65.2 cm³/mol. The maximum absolute atomic E-state index is 12.7. The Morgan fingerprint density at radius 2 is 1.78 bits per heavy atom. The second-order valence-electron chi connectivity index (χ2n) is 5.85. The molecule has 0 aromatic carbocycles. The van der Waals surface area contributed by atoms with Crippen molar-refractivity contribution in [1.29, 1.82) is 0 Å². The minimum atomic E-state index is -4.03. The van der Waals surface area contributed by atoms with Crippen LogP contribution in [0.25, 0.3) is 0 Å². The third-order valence-electron chi connectivity index (χ3n) is 4.43. The fourth-order valence-corrected chi connectivity index (χ4v) is 3.28. The SMILES string of the molecule is NC1CCCCC1CN1CCCC(C(F)(F)F)C1. The van der Waals surface area contributed by atoms with Crippen molar-refractivity contribution in [3.8, 4) is 0 Å². The van der Waals surface area contributed by atoms with Crippen LogP contribution < -0.4 is 5.73 Å². The molecule has 1 heterocycles. The first kappa shape index (κ1) is 14.1. The van der Waals surface area contributed by atoms with Crippen LogP contribution in [0.4, 0.5) is 13.2 Å². The second kappa shape index (κ2) is 5.78. The molecule has 5 heteroatoms. The van der Waals surface area contributed by atoms with Crippen molar-refractivity contribution in [3.63, 3.8) is 0 Å². The van der Waals surface area contributed by atoms with Crippen LogP contribution in [0.3, 0.4) is 0 Å². The Morgan fingerprint density at radius 3 is 2.44 bits per heavy atom. The first-order valence-electron chi connectivity index (χ1n) is 7.01. The number of nitrogens with zero attached hydrogens (tertiary/aromatic N) is 1. The van der Waals surface area contributed by atoms with E-state index in [1.54, 1.807) is 0 Å². The van der Waals surface area contributed by atoms with Crippen molar-refractivity contribution in [2.75, 3.05) is 19.6 Å². The minimum absolute atomic E-state index is 0.173. The lowest BCUT2D eigenvalue weighted by atomic mass is 9.84. The first-order valence-corrected chi connectivity index (χ1v) is 7.01. The van der Waals surface area contributed by atoms with Crippen LogP contribution in [0.2, 0.25) is 0 Å². The average molecular weight is 264 g/mol. The summed E-state index contributed by atoms with van der Waals surface area (Å²) in [5, 5.41) is 0. The number of likely N-dealkylation sites (tertiary alicyclic amines) is 1. The molecule has 1 aliphatic carbocycles. The molecule has 0 aromatic heterocycles. The molecule has 2 N–H and O–H groups in total. The number of hydrogen-bond acceptors (Lipinski definition) is 2. The van der Waals surface area contributed by atoms with E-state index in [9.17, 15) is 13.2 Å². The van der Waals surface area contributed by atoms with Crippen LogP contribution in [0.5, 0.6) is 0 Å². The number of halogens is 3. The van der Waals surface area contributed by atoms with Crippen molar-refractivity contribution in [2.24, 2.45) is 17.6 Å². The summed E-state index contributed by atoms with van der Waals surface area (Å²) in [4.78, 5) is 1.98. The lowest BCUT2D eigenvalue weighted by molar-refractivity contribution is -0.187. The van der Waals surface area contributed by atoms with Crippen molar-refractivity contribution in [1.82, 2.24) is 4.90 Å². The van der Waals surface area contributed by atoms with E-state index in [0.717, 1.165) is 25.9 Å². The molecule has 0 radical (unpaired) electrons. The zero-order valence-corrected chi connectivity index (χ0v) is 10.8. The topological polar surface area (TPSA) is 29.3 Å². The van der Waals surface area contributed by atoms with Crippen molar-refractivity contribution < 1.29 is 13.2 Å².